The average molecular weight is 346 g/mol. The number of carbonyl (C=O) groups is 3. The quantitative estimate of drug-likeness (QED) is 0.564. The van der Waals surface area contributed by atoms with Crippen LogP contribution in [0.2, 0.25) is 0 Å². The van der Waals surface area contributed by atoms with E-state index in [1.54, 1.807) is 19.9 Å². The number of rotatable bonds is 2. The van der Waals surface area contributed by atoms with Crippen molar-refractivity contribution in [3.8, 4) is 0 Å². The number of ketones is 1. The Morgan fingerprint density at radius 3 is 2.84 bits per heavy atom. The summed E-state index contributed by atoms with van der Waals surface area (Å²) in [6.45, 7) is 9.14. The van der Waals surface area contributed by atoms with E-state index in [9.17, 15) is 14.4 Å². The number of esters is 2. The number of hydrogen-bond acceptors (Lipinski definition) is 6. The normalized spacial score (nSPS) is 37.6. The minimum absolute atomic E-state index is 0.0954. The lowest BCUT2D eigenvalue weighted by molar-refractivity contribution is -0.152. The second-order valence-electron chi connectivity index (χ2n) is 7.05. The lowest BCUT2D eigenvalue weighted by atomic mass is 9.80. The van der Waals surface area contributed by atoms with Crippen molar-refractivity contribution in [2.75, 3.05) is 0 Å². The third kappa shape index (κ3) is 3.01. The van der Waals surface area contributed by atoms with Gasteiger partial charge in [-0.25, -0.2) is 9.59 Å². The van der Waals surface area contributed by atoms with Crippen LogP contribution >= 0.6 is 0 Å². The molecule has 3 aliphatic rings. The molecule has 2 bridgehead atoms. The van der Waals surface area contributed by atoms with Crippen LogP contribution in [0.5, 0.6) is 0 Å². The van der Waals surface area contributed by atoms with E-state index in [1.165, 1.54) is 12.2 Å². The van der Waals surface area contributed by atoms with E-state index in [0.29, 0.717) is 12.2 Å². The molecule has 25 heavy (non-hydrogen) atoms. The molecule has 3 aliphatic heterocycles. The molecule has 0 aromatic rings. The van der Waals surface area contributed by atoms with Gasteiger partial charge in [-0.2, -0.15) is 0 Å². The largest absolute Gasteiger partial charge is 0.483 e. The van der Waals surface area contributed by atoms with Gasteiger partial charge in [-0.15, -0.1) is 0 Å². The van der Waals surface area contributed by atoms with Crippen molar-refractivity contribution in [3.05, 3.63) is 36.1 Å². The maximum absolute atomic E-state index is 12.5. The molecule has 0 aliphatic carbocycles. The van der Waals surface area contributed by atoms with Crippen molar-refractivity contribution in [1.29, 1.82) is 0 Å². The van der Waals surface area contributed by atoms with Crippen LogP contribution < -0.4 is 0 Å². The molecule has 6 nitrogen and oxygen atoms in total. The first-order valence-corrected chi connectivity index (χ1v) is 8.43. The summed E-state index contributed by atoms with van der Waals surface area (Å²) in [5.41, 5.74) is -0.844. The molecule has 0 unspecified atom stereocenters. The van der Waals surface area contributed by atoms with Crippen molar-refractivity contribution < 1.29 is 28.6 Å². The van der Waals surface area contributed by atoms with Crippen molar-refractivity contribution in [2.45, 2.75) is 51.4 Å². The Balaban J connectivity index is 2.00. The zero-order valence-electron chi connectivity index (χ0n) is 14.6. The molecule has 6 heteroatoms. The number of carbonyl (C=O) groups excluding carboxylic acids is 3. The summed E-state index contributed by atoms with van der Waals surface area (Å²) in [6, 6.07) is 0. The van der Waals surface area contributed by atoms with Crippen molar-refractivity contribution in [3.63, 3.8) is 0 Å². The SMILES string of the molecule is C=C1C(=O)O[C@@H]2C[C@H](C)C3=CC(=O)[C@@](C)(C[C@@H](OC(=O)/C=C/C)[C@@H]12)O3. The third-order valence-electron chi connectivity index (χ3n) is 5.09. The Morgan fingerprint density at radius 2 is 2.16 bits per heavy atom. The summed E-state index contributed by atoms with van der Waals surface area (Å²) >= 11 is 0. The van der Waals surface area contributed by atoms with E-state index in [1.807, 2.05) is 6.92 Å². The monoisotopic (exact) mass is 346 g/mol. The molecule has 0 amide bonds. The van der Waals surface area contributed by atoms with Gasteiger partial charge in [0.2, 0.25) is 5.78 Å². The van der Waals surface area contributed by atoms with Gasteiger partial charge < -0.3 is 14.2 Å². The molecule has 0 saturated carbocycles. The maximum atomic E-state index is 12.5. The number of fused-ring (bicyclic) bond motifs is 3. The Labute approximate surface area is 146 Å². The van der Waals surface area contributed by atoms with E-state index in [4.69, 9.17) is 14.2 Å². The molecule has 0 spiro atoms. The first kappa shape index (κ1) is 17.5. The minimum atomic E-state index is -1.12. The van der Waals surface area contributed by atoms with Crippen molar-refractivity contribution in [2.24, 2.45) is 11.8 Å². The average Bonchev–Trinajstić information content (AvgIpc) is 2.97. The Kier molecular flexibility index (Phi) is 4.31. The summed E-state index contributed by atoms with van der Waals surface area (Å²) in [6.07, 6.45) is 3.79. The highest BCUT2D eigenvalue weighted by molar-refractivity contribution is 5.99. The second kappa shape index (κ2) is 6.17. The highest BCUT2D eigenvalue weighted by Crippen LogP contribution is 2.44. The summed E-state index contributed by atoms with van der Waals surface area (Å²) < 4.78 is 17.0. The van der Waals surface area contributed by atoms with Gasteiger partial charge in [0.15, 0.2) is 5.60 Å². The van der Waals surface area contributed by atoms with Gasteiger partial charge in [-0.05, 0) is 20.3 Å². The van der Waals surface area contributed by atoms with Gasteiger partial charge in [0.25, 0.3) is 0 Å². The topological polar surface area (TPSA) is 78.9 Å². The zero-order chi connectivity index (χ0) is 18.4. The first-order chi connectivity index (χ1) is 11.7. The lowest BCUT2D eigenvalue weighted by Crippen LogP contribution is -2.42. The van der Waals surface area contributed by atoms with Gasteiger partial charge >= 0.3 is 11.9 Å². The molecule has 0 aromatic heterocycles. The van der Waals surface area contributed by atoms with Crippen LogP contribution in [0.15, 0.2) is 36.1 Å². The van der Waals surface area contributed by atoms with Crippen molar-refractivity contribution in [1.82, 2.24) is 0 Å². The van der Waals surface area contributed by atoms with E-state index >= 15 is 0 Å². The Bertz CT molecular complexity index is 703. The van der Waals surface area contributed by atoms with Crippen LogP contribution in [-0.4, -0.2) is 35.5 Å². The molecular weight excluding hydrogens is 324 g/mol. The van der Waals surface area contributed by atoms with Crippen molar-refractivity contribution >= 4 is 17.7 Å². The molecule has 0 aromatic carbocycles. The van der Waals surface area contributed by atoms with E-state index in [2.05, 4.69) is 6.58 Å². The summed E-state index contributed by atoms with van der Waals surface area (Å²) in [5, 5.41) is 0. The predicted octanol–water partition coefficient (Wildman–Crippen LogP) is 2.24. The van der Waals surface area contributed by atoms with Crippen LogP contribution in [0.1, 0.15) is 33.6 Å². The fourth-order valence-corrected chi connectivity index (χ4v) is 3.73. The van der Waals surface area contributed by atoms with E-state index < -0.39 is 35.7 Å². The maximum Gasteiger partial charge on any atom is 0.334 e. The fourth-order valence-electron chi connectivity index (χ4n) is 3.73. The molecule has 0 N–H and O–H groups in total. The van der Waals surface area contributed by atoms with Crippen LogP contribution in [-0.2, 0) is 28.6 Å². The second-order valence-corrected chi connectivity index (χ2v) is 7.05. The Morgan fingerprint density at radius 1 is 1.44 bits per heavy atom. The smallest absolute Gasteiger partial charge is 0.334 e. The molecular formula is C19H22O6. The van der Waals surface area contributed by atoms with Gasteiger partial charge in [0.1, 0.15) is 18.0 Å². The Hall–Kier alpha value is -2.37. The minimum Gasteiger partial charge on any atom is -0.483 e. The van der Waals surface area contributed by atoms with E-state index in [0.717, 1.165) is 0 Å². The molecule has 2 fully saturated rings. The standard InChI is InChI=1S/C19H22O6/c1-5-6-16(21)23-14-9-19(4)15(20)8-12(25-19)10(2)7-13-17(14)11(3)18(22)24-13/h5-6,8,10,13-14,17H,3,7,9H2,1-2,4H3/b6-5+/t10-,13+,14+,17-,19+/m0/s1. The first-order valence-electron chi connectivity index (χ1n) is 8.43. The third-order valence-corrected chi connectivity index (χ3v) is 5.09. The van der Waals surface area contributed by atoms with Gasteiger partial charge in [-0.3, -0.25) is 4.79 Å². The molecule has 3 rings (SSSR count). The molecule has 0 radical (unpaired) electrons. The number of hydrogen-bond donors (Lipinski definition) is 0. The van der Waals surface area contributed by atoms with Crippen LogP contribution in [0.25, 0.3) is 0 Å². The lowest BCUT2D eigenvalue weighted by Gasteiger charge is -2.31. The summed E-state index contributed by atoms with van der Waals surface area (Å²) in [4.78, 5) is 36.5. The molecule has 5 atom stereocenters. The molecule has 134 valence electrons. The van der Waals surface area contributed by atoms with Crippen LogP contribution in [0, 0.1) is 11.8 Å². The number of allylic oxidation sites excluding steroid dienone is 2. The highest BCUT2D eigenvalue weighted by Gasteiger charge is 2.53. The predicted molar refractivity (Wildman–Crippen MR) is 88.2 cm³/mol. The molecule has 3 heterocycles. The summed E-state index contributed by atoms with van der Waals surface area (Å²) in [5.74, 6) is -1.17. The van der Waals surface area contributed by atoms with Gasteiger partial charge in [0, 0.05) is 30.1 Å². The fraction of sp³-hybridized carbons (Fsp3) is 0.526. The van der Waals surface area contributed by atoms with Crippen LogP contribution in [0.4, 0.5) is 0 Å². The molecule has 2 saturated heterocycles. The van der Waals surface area contributed by atoms with E-state index in [-0.39, 0.29) is 23.7 Å². The summed E-state index contributed by atoms with van der Waals surface area (Å²) in [7, 11) is 0. The van der Waals surface area contributed by atoms with Gasteiger partial charge in [0.05, 0.1) is 5.92 Å². The van der Waals surface area contributed by atoms with Crippen LogP contribution in [0.3, 0.4) is 0 Å². The zero-order valence-corrected chi connectivity index (χ0v) is 14.6. The highest BCUT2D eigenvalue weighted by atomic mass is 16.6. The van der Waals surface area contributed by atoms with Gasteiger partial charge in [-0.1, -0.05) is 19.6 Å². The number of ether oxygens (including phenoxy) is 3.